The number of nitrogens with zero attached hydrogens (tertiary/aromatic N) is 2. The van der Waals surface area contributed by atoms with Gasteiger partial charge in [0.2, 0.25) is 0 Å². The molecular weight excluding hydrogens is 337 g/mol. The molecule has 0 atom stereocenters. The van der Waals surface area contributed by atoms with Crippen molar-refractivity contribution in [2.24, 2.45) is 0 Å². The maximum atomic E-state index is 12.9. The summed E-state index contributed by atoms with van der Waals surface area (Å²) in [5.41, 5.74) is 4.05. The summed E-state index contributed by atoms with van der Waals surface area (Å²) in [5.74, 6) is 0. The zero-order valence-corrected chi connectivity index (χ0v) is 15.3. The summed E-state index contributed by atoms with van der Waals surface area (Å²) in [7, 11) is 0. The average Bonchev–Trinajstić information content (AvgIpc) is 2.62. The Bertz CT molecular complexity index is 747. The summed E-state index contributed by atoms with van der Waals surface area (Å²) >= 11 is 0. The lowest BCUT2D eigenvalue weighted by atomic mass is 10.0. The van der Waals surface area contributed by atoms with Crippen LogP contribution in [0, 0.1) is 13.8 Å². The monoisotopic (exact) mass is 362 g/mol. The third kappa shape index (κ3) is 4.58. The second-order valence-electron chi connectivity index (χ2n) is 7.05. The van der Waals surface area contributed by atoms with Crippen LogP contribution < -0.4 is 4.90 Å². The minimum Gasteiger partial charge on any atom is -0.369 e. The molecule has 0 amide bonds. The number of benzene rings is 2. The fraction of sp³-hybridized carbons (Fsp3) is 0.429. The number of halogens is 3. The summed E-state index contributed by atoms with van der Waals surface area (Å²) in [6.45, 7) is 8.50. The van der Waals surface area contributed by atoms with Crippen LogP contribution in [0.15, 0.2) is 42.5 Å². The minimum absolute atomic E-state index is 0.577. The van der Waals surface area contributed by atoms with E-state index in [2.05, 4.69) is 36.9 Å². The van der Waals surface area contributed by atoms with Crippen molar-refractivity contribution in [1.82, 2.24) is 4.90 Å². The minimum atomic E-state index is -4.29. The molecule has 1 aliphatic rings. The fourth-order valence-electron chi connectivity index (χ4n) is 3.35. The van der Waals surface area contributed by atoms with Crippen molar-refractivity contribution in [3.8, 4) is 0 Å². The van der Waals surface area contributed by atoms with Crippen LogP contribution in [0.25, 0.3) is 0 Å². The first-order valence-electron chi connectivity index (χ1n) is 9.03. The Morgan fingerprint density at radius 3 is 2.27 bits per heavy atom. The van der Waals surface area contributed by atoms with Crippen LogP contribution in [0.1, 0.15) is 22.3 Å². The molecule has 140 valence electrons. The Morgan fingerprint density at radius 1 is 0.885 bits per heavy atom. The van der Waals surface area contributed by atoms with E-state index in [1.807, 2.05) is 4.90 Å². The molecule has 2 nitrogen and oxygen atoms in total. The fourth-order valence-corrected chi connectivity index (χ4v) is 3.35. The molecular formula is C21H25F3N2. The lowest BCUT2D eigenvalue weighted by Crippen LogP contribution is -2.47. The first-order chi connectivity index (χ1) is 12.3. The molecule has 26 heavy (non-hydrogen) atoms. The van der Waals surface area contributed by atoms with Crippen molar-refractivity contribution in [3.05, 3.63) is 64.7 Å². The normalized spacial score (nSPS) is 16.1. The molecule has 0 saturated carbocycles. The smallest absolute Gasteiger partial charge is 0.369 e. The Balaban J connectivity index is 1.53. The first kappa shape index (κ1) is 18.8. The van der Waals surface area contributed by atoms with Gasteiger partial charge >= 0.3 is 6.18 Å². The van der Waals surface area contributed by atoms with Gasteiger partial charge in [-0.2, -0.15) is 13.2 Å². The molecule has 2 aromatic carbocycles. The quantitative estimate of drug-likeness (QED) is 0.779. The Labute approximate surface area is 153 Å². The van der Waals surface area contributed by atoms with Crippen molar-refractivity contribution >= 4 is 5.69 Å². The van der Waals surface area contributed by atoms with Gasteiger partial charge in [0.05, 0.1) is 5.56 Å². The average molecular weight is 362 g/mol. The zero-order chi connectivity index (χ0) is 18.7. The molecule has 0 aromatic heterocycles. The van der Waals surface area contributed by atoms with Crippen molar-refractivity contribution < 1.29 is 13.2 Å². The van der Waals surface area contributed by atoms with E-state index in [0.717, 1.165) is 45.2 Å². The summed E-state index contributed by atoms with van der Waals surface area (Å²) < 4.78 is 38.7. The highest BCUT2D eigenvalue weighted by Crippen LogP contribution is 2.31. The second kappa shape index (κ2) is 7.70. The van der Waals surface area contributed by atoms with E-state index in [1.165, 1.54) is 28.8 Å². The number of piperazine rings is 1. The van der Waals surface area contributed by atoms with Crippen molar-refractivity contribution in [3.63, 3.8) is 0 Å². The van der Waals surface area contributed by atoms with Gasteiger partial charge in [-0.25, -0.2) is 0 Å². The van der Waals surface area contributed by atoms with E-state index in [-0.39, 0.29) is 0 Å². The first-order valence-corrected chi connectivity index (χ1v) is 9.03. The van der Waals surface area contributed by atoms with Crippen LogP contribution in [-0.2, 0) is 12.6 Å². The molecule has 0 N–H and O–H groups in total. The van der Waals surface area contributed by atoms with Crippen molar-refractivity contribution in [2.75, 3.05) is 37.6 Å². The molecule has 3 rings (SSSR count). The van der Waals surface area contributed by atoms with E-state index in [0.29, 0.717) is 5.69 Å². The summed E-state index contributed by atoms with van der Waals surface area (Å²) in [4.78, 5) is 4.43. The van der Waals surface area contributed by atoms with E-state index in [4.69, 9.17) is 0 Å². The lowest BCUT2D eigenvalue weighted by Gasteiger charge is -2.36. The van der Waals surface area contributed by atoms with Gasteiger partial charge < -0.3 is 4.90 Å². The Kier molecular flexibility index (Phi) is 5.56. The Morgan fingerprint density at radius 2 is 1.62 bits per heavy atom. The van der Waals surface area contributed by atoms with Crippen LogP contribution in [-0.4, -0.2) is 37.6 Å². The third-order valence-electron chi connectivity index (χ3n) is 5.20. The van der Waals surface area contributed by atoms with Gasteiger partial charge in [-0.3, -0.25) is 4.90 Å². The molecule has 1 aliphatic heterocycles. The Hall–Kier alpha value is -2.01. The van der Waals surface area contributed by atoms with Gasteiger partial charge in [0.25, 0.3) is 0 Å². The molecule has 0 aliphatic carbocycles. The lowest BCUT2D eigenvalue weighted by molar-refractivity contribution is -0.137. The molecule has 0 radical (unpaired) electrons. The summed E-state index contributed by atoms with van der Waals surface area (Å²) in [6.07, 6.45) is -3.28. The highest BCUT2D eigenvalue weighted by molar-refractivity contribution is 5.49. The van der Waals surface area contributed by atoms with Gasteiger partial charge in [-0.05, 0) is 55.2 Å². The molecule has 5 heteroatoms. The van der Waals surface area contributed by atoms with E-state index in [9.17, 15) is 13.2 Å². The number of hydrogen-bond donors (Lipinski definition) is 0. The highest BCUT2D eigenvalue weighted by atomic mass is 19.4. The van der Waals surface area contributed by atoms with Crippen molar-refractivity contribution in [1.29, 1.82) is 0 Å². The number of hydrogen-bond acceptors (Lipinski definition) is 2. The van der Waals surface area contributed by atoms with Crippen molar-refractivity contribution in [2.45, 2.75) is 26.4 Å². The maximum Gasteiger partial charge on any atom is 0.416 e. The van der Waals surface area contributed by atoms with E-state index < -0.39 is 11.7 Å². The van der Waals surface area contributed by atoms with Crippen LogP contribution in [0.5, 0.6) is 0 Å². The molecule has 0 bridgehead atoms. The predicted octanol–water partition coefficient (Wildman–Crippen LogP) is 4.69. The third-order valence-corrected chi connectivity index (χ3v) is 5.20. The largest absolute Gasteiger partial charge is 0.416 e. The van der Waals surface area contributed by atoms with Gasteiger partial charge in [0.1, 0.15) is 0 Å². The molecule has 0 spiro atoms. The van der Waals surface area contributed by atoms with Crippen LogP contribution in [0.2, 0.25) is 0 Å². The van der Waals surface area contributed by atoms with Crippen LogP contribution in [0.4, 0.5) is 18.9 Å². The van der Waals surface area contributed by atoms with Gasteiger partial charge in [-0.1, -0.05) is 24.3 Å². The van der Waals surface area contributed by atoms with E-state index in [1.54, 1.807) is 6.07 Å². The standard InChI is InChI=1S/C21H25F3N2/c1-16-6-7-18(14-17(16)2)8-9-25-10-12-26(13-11-25)20-5-3-4-19(15-20)21(22,23)24/h3-7,14-15H,8-13H2,1-2H3. The number of aryl methyl sites for hydroxylation is 2. The zero-order valence-electron chi connectivity index (χ0n) is 15.3. The van der Waals surface area contributed by atoms with Gasteiger partial charge in [0, 0.05) is 38.4 Å². The maximum absolute atomic E-state index is 12.9. The van der Waals surface area contributed by atoms with Gasteiger partial charge in [-0.15, -0.1) is 0 Å². The summed E-state index contributed by atoms with van der Waals surface area (Å²) in [5, 5.41) is 0. The number of anilines is 1. The van der Waals surface area contributed by atoms with Crippen LogP contribution >= 0.6 is 0 Å². The molecule has 1 saturated heterocycles. The molecule has 1 heterocycles. The number of alkyl halides is 3. The SMILES string of the molecule is Cc1ccc(CCN2CCN(c3cccc(C(F)(F)F)c3)CC2)cc1C. The topological polar surface area (TPSA) is 6.48 Å². The predicted molar refractivity (Wildman–Crippen MR) is 99.7 cm³/mol. The highest BCUT2D eigenvalue weighted by Gasteiger charge is 2.31. The molecule has 0 unspecified atom stereocenters. The summed E-state index contributed by atoms with van der Waals surface area (Å²) in [6, 6.07) is 12.2. The molecule has 2 aromatic rings. The van der Waals surface area contributed by atoms with Gasteiger partial charge in [0.15, 0.2) is 0 Å². The number of rotatable bonds is 4. The molecule has 1 fully saturated rings. The van der Waals surface area contributed by atoms with E-state index >= 15 is 0 Å². The second-order valence-corrected chi connectivity index (χ2v) is 7.05. The van der Waals surface area contributed by atoms with Crippen LogP contribution in [0.3, 0.4) is 0 Å².